The first-order valence-corrected chi connectivity index (χ1v) is 8.36. The molecule has 0 fully saturated rings. The van der Waals surface area contributed by atoms with Crippen molar-refractivity contribution in [2.24, 2.45) is 5.92 Å². The smallest absolute Gasteiger partial charge is 0.319 e. The lowest BCUT2D eigenvalue weighted by atomic mass is 9.85. The van der Waals surface area contributed by atoms with Crippen LogP contribution in [0.4, 0.5) is 0 Å². The second-order valence-electron chi connectivity index (χ2n) is 5.49. The van der Waals surface area contributed by atoms with Crippen molar-refractivity contribution in [3.8, 4) is 0 Å². The highest BCUT2D eigenvalue weighted by Crippen LogP contribution is 2.45. The molecule has 6 nitrogen and oxygen atoms in total. The summed E-state index contributed by atoms with van der Waals surface area (Å²) in [6.45, 7) is 1.16. The van der Waals surface area contributed by atoms with E-state index in [1.165, 1.54) is 0 Å². The molecule has 0 aliphatic carbocycles. The largest absolute Gasteiger partial charge is 0.481 e. The van der Waals surface area contributed by atoms with Crippen LogP contribution in [0.1, 0.15) is 31.7 Å². The number of hydrogen-bond donors (Lipinski definition) is 3. The number of carboxylic acid groups (broad SMARTS) is 2. The van der Waals surface area contributed by atoms with Crippen LogP contribution in [0.2, 0.25) is 0 Å². The molecular formula is C15H21O6P. The first-order chi connectivity index (χ1) is 10.3. The SMILES string of the molecule is CC(C(=O)O)(C(CCCc1ccccc1)CC(=O)O)[PH](=O)O. The first-order valence-electron chi connectivity index (χ1n) is 7.01. The molecule has 122 valence electrons. The zero-order valence-electron chi connectivity index (χ0n) is 12.4. The van der Waals surface area contributed by atoms with E-state index in [0.717, 1.165) is 12.5 Å². The number of carboxylic acids is 2. The number of hydrogen-bond acceptors (Lipinski definition) is 3. The molecular weight excluding hydrogens is 307 g/mol. The number of carbonyl (C=O) groups is 2. The van der Waals surface area contributed by atoms with Crippen LogP contribution < -0.4 is 0 Å². The Bertz CT molecular complexity index is 528. The zero-order valence-corrected chi connectivity index (χ0v) is 13.4. The number of aliphatic carboxylic acids is 2. The minimum Gasteiger partial charge on any atom is -0.481 e. The topological polar surface area (TPSA) is 112 Å². The van der Waals surface area contributed by atoms with Crippen molar-refractivity contribution in [3.05, 3.63) is 35.9 Å². The molecule has 0 amide bonds. The summed E-state index contributed by atoms with van der Waals surface area (Å²) < 4.78 is 11.5. The summed E-state index contributed by atoms with van der Waals surface area (Å²) in [6.07, 6.45) is 1.05. The molecule has 0 heterocycles. The van der Waals surface area contributed by atoms with Gasteiger partial charge in [-0.25, -0.2) is 0 Å². The average molecular weight is 328 g/mol. The van der Waals surface area contributed by atoms with Gasteiger partial charge in [-0.05, 0) is 37.7 Å². The van der Waals surface area contributed by atoms with Crippen LogP contribution in [-0.4, -0.2) is 32.2 Å². The van der Waals surface area contributed by atoms with Gasteiger partial charge in [0.05, 0.1) is 0 Å². The molecule has 3 atom stereocenters. The molecule has 0 aliphatic rings. The molecule has 3 unspecified atom stereocenters. The lowest BCUT2D eigenvalue weighted by Gasteiger charge is -2.30. The number of benzene rings is 1. The molecule has 7 heteroatoms. The van der Waals surface area contributed by atoms with E-state index >= 15 is 0 Å². The summed E-state index contributed by atoms with van der Waals surface area (Å²) in [5, 5.41) is 16.3. The van der Waals surface area contributed by atoms with Gasteiger partial charge in [0.15, 0.2) is 0 Å². The average Bonchev–Trinajstić information content (AvgIpc) is 2.45. The predicted molar refractivity (Wildman–Crippen MR) is 82.4 cm³/mol. The maximum atomic E-state index is 11.5. The molecule has 1 aromatic rings. The third-order valence-corrected chi connectivity index (χ3v) is 5.50. The second kappa shape index (κ2) is 8.11. The summed E-state index contributed by atoms with van der Waals surface area (Å²) in [6, 6.07) is 9.51. The van der Waals surface area contributed by atoms with Crippen molar-refractivity contribution in [1.82, 2.24) is 0 Å². The van der Waals surface area contributed by atoms with Crippen molar-refractivity contribution < 1.29 is 29.3 Å². The van der Waals surface area contributed by atoms with E-state index in [9.17, 15) is 24.2 Å². The van der Waals surface area contributed by atoms with Gasteiger partial charge in [0.2, 0.25) is 8.03 Å². The van der Waals surface area contributed by atoms with Crippen LogP contribution in [0, 0.1) is 5.92 Å². The second-order valence-corrected chi connectivity index (χ2v) is 7.13. The molecule has 0 bridgehead atoms. The fourth-order valence-electron chi connectivity index (χ4n) is 2.44. The Kier molecular flexibility index (Phi) is 6.78. The Balaban J connectivity index is 2.82. The van der Waals surface area contributed by atoms with Crippen LogP contribution in [0.3, 0.4) is 0 Å². The van der Waals surface area contributed by atoms with Crippen LogP contribution in [-0.2, 0) is 20.6 Å². The van der Waals surface area contributed by atoms with Gasteiger partial charge in [-0.15, -0.1) is 0 Å². The molecule has 22 heavy (non-hydrogen) atoms. The molecule has 0 saturated heterocycles. The standard InChI is InChI=1S/C15H21O6P/c1-15(14(18)19,22(20)21)12(10-13(16)17)9-5-8-11-6-3-2-4-7-11/h2-4,6-7,12,22H,5,8-10H2,1H3,(H,16,17)(H,18,19)(H,20,21). The molecule has 0 spiro atoms. The highest BCUT2D eigenvalue weighted by molar-refractivity contribution is 7.41. The Hall–Kier alpha value is -1.65. The highest BCUT2D eigenvalue weighted by Gasteiger charge is 2.46. The van der Waals surface area contributed by atoms with Crippen molar-refractivity contribution in [3.63, 3.8) is 0 Å². The van der Waals surface area contributed by atoms with Gasteiger partial charge in [-0.2, -0.15) is 0 Å². The molecule has 3 N–H and O–H groups in total. The van der Waals surface area contributed by atoms with E-state index in [2.05, 4.69) is 0 Å². The van der Waals surface area contributed by atoms with E-state index in [0.29, 0.717) is 12.8 Å². The number of aryl methyl sites for hydroxylation is 1. The Morgan fingerprint density at radius 2 is 1.82 bits per heavy atom. The minimum absolute atomic E-state index is 0.265. The minimum atomic E-state index is -3.42. The Labute approximate surface area is 129 Å². The van der Waals surface area contributed by atoms with Gasteiger partial charge in [-0.1, -0.05) is 30.3 Å². The monoisotopic (exact) mass is 328 g/mol. The highest BCUT2D eigenvalue weighted by atomic mass is 31.1. The zero-order chi connectivity index (χ0) is 16.8. The fraction of sp³-hybridized carbons (Fsp3) is 0.467. The van der Waals surface area contributed by atoms with Gasteiger partial charge in [0.25, 0.3) is 0 Å². The predicted octanol–water partition coefficient (Wildman–Crippen LogP) is 2.41. The molecule has 0 radical (unpaired) electrons. The quantitative estimate of drug-likeness (QED) is 0.600. The molecule has 1 rings (SSSR count). The molecule has 0 saturated carbocycles. The van der Waals surface area contributed by atoms with Crippen LogP contribution in [0.25, 0.3) is 0 Å². The third-order valence-electron chi connectivity index (χ3n) is 3.99. The Morgan fingerprint density at radius 1 is 1.23 bits per heavy atom. The van der Waals surface area contributed by atoms with Gasteiger partial charge < -0.3 is 15.1 Å². The maximum Gasteiger partial charge on any atom is 0.319 e. The fourth-order valence-corrected chi connectivity index (χ4v) is 3.22. The van der Waals surface area contributed by atoms with E-state index in [1.54, 1.807) is 0 Å². The van der Waals surface area contributed by atoms with E-state index in [1.807, 2.05) is 30.3 Å². The summed E-state index contributed by atoms with van der Waals surface area (Å²) in [5.41, 5.74) is 1.06. The van der Waals surface area contributed by atoms with Crippen molar-refractivity contribution >= 4 is 20.0 Å². The van der Waals surface area contributed by atoms with E-state index in [4.69, 9.17) is 5.11 Å². The van der Waals surface area contributed by atoms with Crippen LogP contribution >= 0.6 is 8.03 Å². The van der Waals surface area contributed by atoms with Gasteiger partial charge in [-0.3, -0.25) is 14.2 Å². The van der Waals surface area contributed by atoms with Gasteiger partial charge in [0, 0.05) is 6.42 Å². The van der Waals surface area contributed by atoms with Gasteiger partial charge in [0.1, 0.15) is 5.16 Å². The maximum absolute atomic E-state index is 11.5. The van der Waals surface area contributed by atoms with Crippen molar-refractivity contribution in [2.75, 3.05) is 0 Å². The summed E-state index contributed by atoms with van der Waals surface area (Å²) in [7, 11) is -3.42. The first kappa shape index (κ1) is 18.4. The normalized spacial score (nSPS) is 16.5. The summed E-state index contributed by atoms with van der Waals surface area (Å²) in [5.74, 6) is -3.48. The van der Waals surface area contributed by atoms with Crippen LogP contribution in [0.15, 0.2) is 30.3 Å². The van der Waals surface area contributed by atoms with Crippen molar-refractivity contribution in [1.29, 1.82) is 0 Å². The lowest BCUT2D eigenvalue weighted by molar-refractivity contribution is -0.143. The van der Waals surface area contributed by atoms with Crippen LogP contribution in [0.5, 0.6) is 0 Å². The Morgan fingerprint density at radius 3 is 2.27 bits per heavy atom. The van der Waals surface area contributed by atoms with E-state index in [-0.39, 0.29) is 6.42 Å². The molecule has 0 aliphatic heterocycles. The van der Waals surface area contributed by atoms with Crippen molar-refractivity contribution in [2.45, 2.75) is 37.8 Å². The molecule has 1 aromatic carbocycles. The summed E-state index contributed by atoms with van der Waals surface area (Å²) >= 11 is 0. The summed E-state index contributed by atoms with van der Waals surface area (Å²) in [4.78, 5) is 31.8. The third kappa shape index (κ3) is 4.68. The molecule has 0 aromatic heterocycles. The van der Waals surface area contributed by atoms with Gasteiger partial charge >= 0.3 is 11.9 Å². The van der Waals surface area contributed by atoms with E-state index < -0.39 is 37.5 Å². The lowest BCUT2D eigenvalue weighted by Crippen LogP contribution is -2.41. The number of rotatable bonds is 9.